The number of hydrogen-bond acceptors (Lipinski definition) is 18. The van der Waals surface area contributed by atoms with E-state index in [0.29, 0.717) is 24.3 Å². The molecule has 18 heteroatoms. The zero-order valence-electron chi connectivity index (χ0n) is 28.9. The van der Waals surface area contributed by atoms with Crippen molar-refractivity contribution in [3.63, 3.8) is 0 Å². The van der Waals surface area contributed by atoms with Crippen LogP contribution in [-0.4, -0.2) is 157 Å². The number of fused-ring (bicyclic) bond motifs is 1. The maximum atomic E-state index is 10.5. The summed E-state index contributed by atoms with van der Waals surface area (Å²) in [6.45, 7) is -0.604. The zero-order chi connectivity index (χ0) is 37.4. The smallest absolute Gasteiger partial charge is 0.229 e. The molecule has 0 spiro atoms. The van der Waals surface area contributed by atoms with Crippen LogP contribution in [0.15, 0.2) is 24.3 Å². The minimum Gasteiger partial charge on any atom is -0.493 e. The van der Waals surface area contributed by atoms with Crippen LogP contribution in [0.2, 0.25) is 0 Å². The van der Waals surface area contributed by atoms with Gasteiger partial charge in [0, 0.05) is 11.8 Å². The Morgan fingerprint density at radius 1 is 0.519 bits per heavy atom. The lowest BCUT2D eigenvalue weighted by Crippen LogP contribution is -2.60. The van der Waals surface area contributed by atoms with Gasteiger partial charge in [-0.15, -0.1) is 0 Å². The molecular formula is C34H46O18. The molecule has 14 atom stereocenters. The lowest BCUT2D eigenvalue weighted by molar-refractivity contribution is -0.277. The third kappa shape index (κ3) is 6.94. The summed E-state index contributed by atoms with van der Waals surface area (Å²) in [7, 11) is 5.66. The highest BCUT2D eigenvalue weighted by atomic mass is 16.7. The van der Waals surface area contributed by atoms with Gasteiger partial charge in [0.2, 0.25) is 24.1 Å². The number of aliphatic hydroxyl groups is 8. The van der Waals surface area contributed by atoms with Gasteiger partial charge in [0.1, 0.15) is 48.8 Å². The second kappa shape index (κ2) is 16.0. The molecule has 4 heterocycles. The van der Waals surface area contributed by atoms with Crippen LogP contribution in [0.4, 0.5) is 0 Å². The number of ether oxygens (including phenoxy) is 10. The molecule has 0 aliphatic carbocycles. The van der Waals surface area contributed by atoms with Gasteiger partial charge in [0.15, 0.2) is 23.0 Å². The van der Waals surface area contributed by atoms with E-state index in [9.17, 15) is 40.9 Å². The molecule has 6 rings (SSSR count). The Kier molecular flexibility index (Phi) is 11.8. The Hall–Kier alpha value is -3.24. The highest BCUT2D eigenvalue weighted by Gasteiger charge is 2.50. The van der Waals surface area contributed by atoms with Gasteiger partial charge in [-0.25, -0.2) is 0 Å². The lowest BCUT2D eigenvalue weighted by Gasteiger charge is -2.39. The molecule has 0 radical (unpaired) electrons. The molecule has 0 saturated carbocycles. The highest BCUT2D eigenvalue weighted by Crippen LogP contribution is 2.54. The Bertz CT molecular complexity index is 1360. The highest BCUT2D eigenvalue weighted by molar-refractivity contribution is 5.56. The van der Waals surface area contributed by atoms with E-state index in [0.717, 1.165) is 0 Å². The summed E-state index contributed by atoms with van der Waals surface area (Å²) >= 11 is 0. The van der Waals surface area contributed by atoms with E-state index in [2.05, 4.69) is 0 Å². The normalized spacial score (nSPS) is 37.3. The summed E-state index contributed by atoms with van der Waals surface area (Å²) < 4.78 is 58.0. The maximum absolute atomic E-state index is 10.5. The monoisotopic (exact) mass is 742 g/mol. The second-order valence-electron chi connectivity index (χ2n) is 13.0. The lowest BCUT2D eigenvalue weighted by atomic mass is 9.84. The topological polar surface area (TPSA) is 254 Å². The predicted molar refractivity (Wildman–Crippen MR) is 172 cm³/mol. The minimum absolute atomic E-state index is 0.0541. The van der Waals surface area contributed by atoms with E-state index < -0.39 is 86.8 Å². The molecule has 0 aromatic heterocycles. The van der Waals surface area contributed by atoms with Crippen molar-refractivity contribution in [1.82, 2.24) is 0 Å². The Morgan fingerprint density at radius 3 is 1.13 bits per heavy atom. The van der Waals surface area contributed by atoms with Gasteiger partial charge >= 0.3 is 0 Å². The molecule has 4 aliphatic rings. The summed E-state index contributed by atoms with van der Waals surface area (Å²) in [6, 6.07) is 6.78. The average Bonchev–Trinajstić information content (AvgIpc) is 3.78. The number of hydrogen-bond donors (Lipinski definition) is 8. The summed E-state index contributed by atoms with van der Waals surface area (Å²) in [4.78, 5) is 0. The van der Waals surface area contributed by atoms with Crippen LogP contribution in [0.25, 0.3) is 0 Å². The molecular weight excluding hydrogens is 696 g/mol. The van der Waals surface area contributed by atoms with Gasteiger partial charge in [-0.3, -0.25) is 0 Å². The van der Waals surface area contributed by atoms with Gasteiger partial charge in [0.05, 0.1) is 67.1 Å². The molecule has 0 bridgehead atoms. The summed E-state index contributed by atoms with van der Waals surface area (Å²) in [5.74, 6) is 0.683. The molecule has 0 amide bonds. The van der Waals surface area contributed by atoms with Crippen molar-refractivity contribution in [3.8, 4) is 34.5 Å². The minimum atomic E-state index is -1.65. The Morgan fingerprint density at radius 2 is 0.846 bits per heavy atom. The predicted octanol–water partition coefficient (Wildman–Crippen LogP) is -1.85. The van der Waals surface area contributed by atoms with Gasteiger partial charge in [0.25, 0.3) is 0 Å². The van der Waals surface area contributed by atoms with E-state index in [1.165, 1.54) is 28.4 Å². The maximum Gasteiger partial charge on any atom is 0.229 e. The molecule has 52 heavy (non-hydrogen) atoms. The number of methoxy groups -OCH3 is 4. The Balaban J connectivity index is 1.22. The van der Waals surface area contributed by atoms with E-state index in [4.69, 9.17) is 47.4 Å². The molecule has 18 nitrogen and oxygen atoms in total. The first-order valence-electron chi connectivity index (χ1n) is 16.7. The van der Waals surface area contributed by atoms with Crippen molar-refractivity contribution in [2.75, 3.05) is 54.9 Å². The molecule has 4 fully saturated rings. The molecule has 4 saturated heterocycles. The summed E-state index contributed by atoms with van der Waals surface area (Å²) in [5, 5.41) is 81.0. The van der Waals surface area contributed by atoms with Gasteiger partial charge in [-0.05, 0) is 35.4 Å². The van der Waals surface area contributed by atoms with Crippen LogP contribution < -0.4 is 28.4 Å². The van der Waals surface area contributed by atoms with Crippen molar-refractivity contribution in [3.05, 3.63) is 35.4 Å². The second-order valence-corrected chi connectivity index (χ2v) is 13.0. The number of rotatable bonds is 12. The van der Waals surface area contributed by atoms with E-state index in [1.807, 2.05) is 0 Å². The first-order valence-corrected chi connectivity index (χ1v) is 16.7. The largest absolute Gasteiger partial charge is 0.493 e. The van der Waals surface area contributed by atoms with E-state index >= 15 is 0 Å². The van der Waals surface area contributed by atoms with Crippen LogP contribution in [-0.2, 0) is 18.9 Å². The summed E-state index contributed by atoms with van der Waals surface area (Å²) in [6.07, 6.45) is -15.9. The van der Waals surface area contributed by atoms with Crippen LogP contribution in [0.3, 0.4) is 0 Å². The third-order valence-electron chi connectivity index (χ3n) is 10.1. The first kappa shape index (κ1) is 38.5. The fraction of sp³-hybridized carbons (Fsp3) is 0.647. The number of benzene rings is 2. The summed E-state index contributed by atoms with van der Waals surface area (Å²) in [5.41, 5.74) is 1.37. The fourth-order valence-corrected chi connectivity index (χ4v) is 7.16. The van der Waals surface area contributed by atoms with E-state index in [-0.39, 0.29) is 46.3 Å². The van der Waals surface area contributed by atoms with Crippen molar-refractivity contribution < 1.29 is 88.2 Å². The van der Waals surface area contributed by atoms with Gasteiger partial charge in [-0.1, -0.05) is 0 Å². The van der Waals surface area contributed by atoms with Crippen molar-refractivity contribution in [2.45, 2.75) is 73.6 Å². The average molecular weight is 743 g/mol. The molecule has 6 unspecified atom stereocenters. The quantitative estimate of drug-likeness (QED) is 0.119. The first-order chi connectivity index (χ1) is 25.0. The fourth-order valence-electron chi connectivity index (χ4n) is 7.16. The van der Waals surface area contributed by atoms with Crippen LogP contribution in [0, 0.1) is 11.8 Å². The third-order valence-corrected chi connectivity index (χ3v) is 10.1. The van der Waals surface area contributed by atoms with Gasteiger partial charge < -0.3 is 88.2 Å². The van der Waals surface area contributed by atoms with E-state index in [1.54, 1.807) is 24.3 Å². The van der Waals surface area contributed by atoms with Gasteiger partial charge in [-0.2, -0.15) is 0 Å². The standard InChI is InChI=1S/C34H46O18/c1-43-17-5-13(6-18(44-2)31(17)51-33-27(41)25(39)23(37)21(9-35)49-33)29-15-11-48-30(16(15)12-47-29)14-7-19(45-3)32(20(8-14)46-4)52-34-28(42)26(40)24(38)22(10-36)50-34/h5-8,15-16,21-30,33-42H,9-12H2,1-4H3/t15-,16+,21?,22?,23-,24-,25?,26?,27?,28?,29+,30-,33+,34+/m1/s1. The molecule has 2 aromatic carbocycles. The Labute approximate surface area is 298 Å². The molecule has 290 valence electrons. The van der Waals surface area contributed by atoms with Crippen LogP contribution in [0.1, 0.15) is 23.3 Å². The van der Waals surface area contributed by atoms with Crippen molar-refractivity contribution >= 4 is 0 Å². The molecule has 2 aromatic rings. The van der Waals surface area contributed by atoms with Crippen LogP contribution in [0.5, 0.6) is 34.5 Å². The zero-order valence-corrected chi connectivity index (χ0v) is 28.9. The number of aliphatic hydroxyl groups excluding tert-OH is 8. The van der Waals surface area contributed by atoms with Crippen molar-refractivity contribution in [1.29, 1.82) is 0 Å². The SMILES string of the molecule is COc1cc([C@H]2OC[C@@H]3[C@@H]2CO[C@H]3c2cc(OC)c(O[C@@H]3OC(CO)[C@@H](O)C(O)C3O)c(OC)c2)cc(OC)c1O[C@@H]1OC(CO)[C@@H](O)C(O)C1O. The molecule has 4 aliphatic heterocycles. The van der Waals surface area contributed by atoms with Crippen molar-refractivity contribution in [2.24, 2.45) is 11.8 Å². The molecule has 8 N–H and O–H groups in total. The van der Waals surface area contributed by atoms with Crippen LogP contribution >= 0.6 is 0 Å².